The van der Waals surface area contributed by atoms with Crippen LogP contribution in [0.5, 0.6) is 0 Å². The summed E-state index contributed by atoms with van der Waals surface area (Å²) >= 11 is 0. The van der Waals surface area contributed by atoms with Gasteiger partial charge >= 0.3 is 19.0 Å². The van der Waals surface area contributed by atoms with Gasteiger partial charge in [0.2, 0.25) is 0 Å². The maximum Gasteiger partial charge on any atom is 0.484 e. The molecule has 0 aliphatic carbocycles. The molecule has 0 N–H and O–H groups in total. The molecule has 10 heteroatoms. The number of nitrogens with zero attached hydrogens (tertiary/aromatic N) is 2. The average Bonchev–Trinajstić information content (AvgIpc) is 2.46. The average molecular weight is 394 g/mol. The molecule has 0 aromatic heterocycles. The van der Waals surface area contributed by atoms with Crippen molar-refractivity contribution in [3.63, 3.8) is 0 Å². The third-order valence-electron chi connectivity index (χ3n) is 3.93. The van der Waals surface area contributed by atoms with Gasteiger partial charge in [-0.05, 0) is 32.0 Å². The van der Waals surface area contributed by atoms with Crippen LogP contribution in [0.1, 0.15) is 41.0 Å². The van der Waals surface area contributed by atoms with E-state index in [2.05, 4.69) is 38.7 Å². The van der Waals surface area contributed by atoms with Gasteiger partial charge in [0.15, 0.2) is 8.32 Å². The fourth-order valence-corrected chi connectivity index (χ4v) is 4.02. The van der Waals surface area contributed by atoms with Crippen LogP contribution in [0.2, 0.25) is 18.1 Å². The van der Waals surface area contributed by atoms with Crippen LogP contribution in [-0.2, 0) is 27.6 Å². The summed E-state index contributed by atoms with van der Waals surface area (Å²) in [7, 11) is -5.84. The molecule has 146 valence electrons. The third kappa shape index (κ3) is 7.52. The van der Waals surface area contributed by atoms with Crippen molar-refractivity contribution in [3.05, 3.63) is 5.53 Å². The Labute approximate surface area is 151 Å². The van der Waals surface area contributed by atoms with E-state index in [1.807, 2.05) is 0 Å². The van der Waals surface area contributed by atoms with Crippen molar-refractivity contribution in [1.29, 1.82) is 0 Å². The first kappa shape index (κ1) is 24.2. The normalized spacial score (nSPS) is 12.6. The van der Waals surface area contributed by atoms with E-state index in [9.17, 15) is 9.36 Å². The predicted octanol–water partition coefficient (Wildman–Crippen LogP) is 3.84. The zero-order valence-electron chi connectivity index (χ0n) is 16.3. The lowest BCUT2D eigenvalue weighted by molar-refractivity contribution is -0.140. The van der Waals surface area contributed by atoms with E-state index < -0.39 is 27.3 Å². The van der Waals surface area contributed by atoms with Crippen LogP contribution in [0.4, 0.5) is 0 Å². The van der Waals surface area contributed by atoms with Gasteiger partial charge < -0.3 is 23.7 Å². The molecule has 0 amide bonds. The molecule has 0 radical (unpaired) electrons. The van der Waals surface area contributed by atoms with E-state index in [4.69, 9.17) is 23.7 Å². The summed E-state index contributed by atoms with van der Waals surface area (Å²) in [6.07, 6.45) is 0.477. The number of hydrogen-bond acceptors (Lipinski definition) is 6. The first-order valence-electron chi connectivity index (χ1n) is 8.38. The molecule has 0 saturated heterocycles. The molecule has 0 atom stereocenters. The molecule has 0 unspecified atom stereocenters. The number of carbonyl (C=O) groups is 1. The zero-order valence-corrected chi connectivity index (χ0v) is 18.2. The van der Waals surface area contributed by atoms with E-state index in [-0.39, 0.29) is 24.9 Å². The van der Waals surface area contributed by atoms with Crippen molar-refractivity contribution < 1.29 is 32.4 Å². The highest BCUT2D eigenvalue weighted by Gasteiger charge is 2.47. The van der Waals surface area contributed by atoms with Crippen molar-refractivity contribution in [3.8, 4) is 0 Å². The smallest absolute Gasteiger partial charge is 0.456 e. The van der Waals surface area contributed by atoms with Crippen molar-refractivity contribution in [2.45, 2.75) is 59.2 Å². The van der Waals surface area contributed by atoms with Gasteiger partial charge in [-0.25, -0.2) is 9.36 Å². The topological polar surface area (TPSA) is 107 Å². The van der Waals surface area contributed by atoms with Crippen LogP contribution in [0.25, 0.3) is 5.53 Å². The Kier molecular flexibility index (Phi) is 10.0. The van der Waals surface area contributed by atoms with Gasteiger partial charge in [0.1, 0.15) is 0 Å². The van der Waals surface area contributed by atoms with Gasteiger partial charge in [0, 0.05) is 13.0 Å². The summed E-state index contributed by atoms with van der Waals surface area (Å²) in [6, 6.07) is 0. The molecule has 0 aromatic carbocycles. The van der Waals surface area contributed by atoms with Crippen molar-refractivity contribution in [2.75, 3.05) is 26.4 Å². The van der Waals surface area contributed by atoms with Crippen molar-refractivity contribution in [2.24, 2.45) is 0 Å². The Bertz CT molecular complexity index is 531. The van der Waals surface area contributed by atoms with E-state index in [0.717, 1.165) is 0 Å². The Morgan fingerprint density at radius 3 is 2.04 bits per heavy atom. The molecule has 0 aliphatic rings. The quantitative estimate of drug-likeness (QED) is 0.100. The molecule has 0 aromatic rings. The highest BCUT2D eigenvalue weighted by Crippen LogP contribution is 2.49. The highest BCUT2D eigenvalue weighted by atomic mass is 31.2. The van der Waals surface area contributed by atoms with Gasteiger partial charge in [0.25, 0.3) is 0 Å². The van der Waals surface area contributed by atoms with Gasteiger partial charge in [-0.15, -0.1) is 4.79 Å². The number of carbonyl (C=O) groups excluding carboxylic acids is 1. The maximum atomic E-state index is 12.5. The monoisotopic (exact) mass is 394 g/mol. The van der Waals surface area contributed by atoms with Gasteiger partial charge in [-0.1, -0.05) is 20.8 Å². The molecule has 0 aliphatic heterocycles. The lowest BCUT2D eigenvalue weighted by Gasteiger charge is -2.36. The zero-order chi connectivity index (χ0) is 19.7. The third-order valence-corrected chi connectivity index (χ3v) is 10.5. The fraction of sp³-hybridized carbons (Fsp3) is 0.867. The second-order valence-corrected chi connectivity index (χ2v) is 13.6. The molecular weight excluding hydrogens is 363 g/mol. The molecule has 0 bridgehead atoms. The maximum absolute atomic E-state index is 12.5. The summed E-state index contributed by atoms with van der Waals surface area (Å²) in [5, 5.41) is 0.0992. The molecule has 0 spiro atoms. The minimum atomic E-state index is -3.99. The Morgan fingerprint density at radius 2 is 1.64 bits per heavy atom. The van der Waals surface area contributed by atoms with Gasteiger partial charge in [-0.2, -0.15) is 0 Å². The molecular formula is C15H31N2O6PSi. The predicted molar refractivity (Wildman–Crippen MR) is 98.2 cm³/mol. The van der Waals surface area contributed by atoms with Crippen molar-refractivity contribution in [1.82, 2.24) is 0 Å². The van der Waals surface area contributed by atoms with E-state index in [1.54, 1.807) is 13.8 Å². The van der Waals surface area contributed by atoms with E-state index >= 15 is 0 Å². The minimum Gasteiger partial charge on any atom is -0.456 e. The summed E-state index contributed by atoms with van der Waals surface area (Å²) < 4.78 is 33.4. The van der Waals surface area contributed by atoms with E-state index in [0.29, 0.717) is 13.0 Å². The van der Waals surface area contributed by atoms with Crippen molar-refractivity contribution >= 4 is 27.3 Å². The Balaban J connectivity index is 4.59. The van der Waals surface area contributed by atoms with Crippen LogP contribution in [0.15, 0.2) is 0 Å². The second-order valence-electron chi connectivity index (χ2n) is 6.85. The number of hydrogen-bond donors (Lipinski definition) is 0. The number of ether oxygens (including phenoxy) is 1. The molecule has 8 nitrogen and oxygen atoms in total. The van der Waals surface area contributed by atoms with Crippen LogP contribution in [-0.4, -0.2) is 51.0 Å². The molecule has 0 fully saturated rings. The lowest BCUT2D eigenvalue weighted by Crippen LogP contribution is -2.41. The second kappa shape index (κ2) is 10.4. The SMILES string of the molecule is CCOP(=O)(OCC)C(=[N+]=[N-])C(=O)OCCCO[Si](C)(C)C(C)(C)C. The first-order chi connectivity index (χ1) is 11.4. The number of esters is 1. The van der Waals surface area contributed by atoms with Crippen LogP contribution in [0.3, 0.4) is 0 Å². The molecule has 0 heterocycles. The minimum absolute atomic E-state index is 0.0317. The summed E-state index contributed by atoms with van der Waals surface area (Å²) in [5.41, 5.74) is 8.27. The number of rotatable bonds is 11. The van der Waals surface area contributed by atoms with Gasteiger partial charge in [-0.3, -0.25) is 0 Å². The van der Waals surface area contributed by atoms with Crippen LogP contribution >= 0.6 is 7.60 Å². The van der Waals surface area contributed by atoms with Crippen LogP contribution in [0, 0.1) is 0 Å². The molecule has 25 heavy (non-hydrogen) atoms. The highest BCUT2D eigenvalue weighted by molar-refractivity contribution is 7.74. The molecule has 0 saturated carbocycles. The fourth-order valence-electron chi connectivity index (χ4n) is 1.54. The Morgan fingerprint density at radius 1 is 1.12 bits per heavy atom. The summed E-state index contributed by atoms with van der Waals surface area (Å²) in [6.45, 7) is 14.4. The van der Waals surface area contributed by atoms with E-state index in [1.165, 1.54) is 0 Å². The first-order valence-corrected chi connectivity index (χ1v) is 12.8. The summed E-state index contributed by atoms with van der Waals surface area (Å²) in [4.78, 5) is 14.8. The van der Waals surface area contributed by atoms with Crippen LogP contribution < -0.4 is 0 Å². The summed E-state index contributed by atoms with van der Waals surface area (Å²) in [5.74, 6) is -1.03. The Hall–Kier alpha value is -0.823. The largest absolute Gasteiger partial charge is 0.484 e. The molecule has 0 rings (SSSR count). The lowest BCUT2D eigenvalue weighted by atomic mass is 10.2. The standard InChI is InChI=1S/C15H31N2O6PSi/c1-8-21-24(19,22-9-2)13(17-16)14(18)20-11-10-12-23-25(6,7)15(3,4)5/h8-12H2,1-7H3. The van der Waals surface area contributed by atoms with Gasteiger partial charge in [0.05, 0.1) is 19.8 Å².